The Kier molecular flexibility index (Phi) is 8.83. The summed E-state index contributed by atoms with van der Waals surface area (Å²) >= 11 is 0. The molecular weight excluding hydrogens is 390 g/mol. The molecule has 0 aliphatic heterocycles. The molecule has 0 aromatic rings. The molecule has 164 valence electrons. The van der Waals surface area contributed by atoms with E-state index < -0.39 is 32.0 Å². The number of methoxy groups -OCH3 is 1. The second kappa shape index (κ2) is 10.2. The summed E-state index contributed by atoms with van der Waals surface area (Å²) < 4.78 is 16.3. The van der Waals surface area contributed by atoms with E-state index in [1.165, 1.54) is 26.2 Å². The standard InChI is InChI=1S/C21H35NO6Si/c1-14(2)29(15(3)4,16(5)6)28-20(25)22-12-11-18-9-10-19(24)21(13-18,26-8)27-17(7)23/h9-10,13-16H,11-12H2,1-8H3,(H,22,25). The van der Waals surface area contributed by atoms with Gasteiger partial charge in [0.15, 0.2) is 0 Å². The Morgan fingerprint density at radius 1 is 1.07 bits per heavy atom. The van der Waals surface area contributed by atoms with Gasteiger partial charge in [-0.05, 0) is 40.8 Å². The van der Waals surface area contributed by atoms with Gasteiger partial charge in [-0.25, -0.2) is 4.79 Å². The first-order chi connectivity index (χ1) is 13.4. The molecule has 0 heterocycles. The van der Waals surface area contributed by atoms with Gasteiger partial charge in [-0.2, -0.15) is 0 Å². The van der Waals surface area contributed by atoms with Crippen LogP contribution >= 0.6 is 0 Å². The summed E-state index contributed by atoms with van der Waals surface area (Å²) in [7, 11) is -0.996. The summed E-state index contributed by atoms with van der Waals surface area (Å²) in [5.41, 5.74) is 1.62. The van der Waals surface area contributed by atoms with Gasteiger partial charge in [0, 0.05) is 20.6 Å². The number of allylic oxidation sites excluding steroid dienone is 1. The second-order valence-corrected chi connectivity index (χ2v) is 13.6. The van der Waals surface area contributed by atoms with E-state index in [-0.39, 0.29) is 0 Å². The van der Waals surface area contributed by atoms with Crippen LogP contribution in [0.4, 0.5) is 4.79 Å². The summed E-state index contributed by atoms with van der Waals surface area (Å²) in [4.78, 5) is 36.0. The molecule has 1 aliphatic rings. The molecule has 0 aromatic heterocycles. The third kappa shape index (κ3) is 5.79. The molecule has 7 nitrogen and oxygen atoms in total. The molecule has 0 radical (unpaired) electrons. The molecule has 0 saturated heterocycles. The monoisotopic (exact) mass is 425 g/mol. The van der Waals surface area contributed by atoms with Gasteiger partial charge in [0.2, 0.25) is 5.78 Å². The van der Waals surface area contributed by atoms with Crippen LogP contribution in [0, 0.1) is 0 Å². The molecular formula is C21H35NO6Si. The Balaban J connectivity index is 2.79. The molecule has 0 fully saturated rings. The minimum atomic E-state index is -2.30. The molecule has 1 amide bonds. The van der Waals surface area contributed by atoms with Crippen LogP contribution in [0.1, 0.15) is 54.9 Å². The Morgan fingerprint density at radius 3 is 2.07 bits per heavy atom. The van der Waals surface area contributed by atoms with Crippen molar-refractivity contribution in [1.82, 2.24) is 5.32 Å². The fraction of sp³-hybridized carbons (Fsp3) is 0.667. The number of esters is 1. The van der Waals surface area contributed by atoms with E-state index in [4.69, 9.17) is 13.9 Å². The largest absolute Gasteiger partial charge is 0.503 e. The van der Waals surface area contributed by atoms with Crippen LogP contribution in [0.25, 0.3) is 0 Å². The Bertz CT molecular complexity index is 661. The molecule has 29 heavy (non-hydrogen) atoms. The van der Waals surface area contributed by atoms with E-state index >= 15 is 0 Å². The highest BCUT2D eigenvalue weighted by Crippen LogP contribution is 2.42. The fourth-order valence-electron chi connectivity index (χ4n) is 4.17. The van der Waals surface area contributed by atoms with Crippen LogP contribution in [-0.2, 0) is 23.5 Å². The first-order valence-corrected chi connectivity index (χ1v) is 12.2. The summed E-state index contributed by atoms with van der Waals surface area (Å²) in [6, 6.07) is 0. The summed E-state index contributed by atoms with van der Waals surface area (Å²) in [5, 5.41) is 2.81. The van der Waals surface area contributed by atoms with Crippen LogP contribution in [0.2, 0.25) is 16.6 Å². The van der Waals surface area contributed by atoms with E-state index in [1.807, 2.05) is 0 Å². The van der Waals surface area contributed by atoms with Crippen molar-refractivity contribution < 1.29 is 28.3 Å². The van der Waals surface area contributed by atoms with Crippen molar-refractivity contribution in [2.75, 3.05) is 13.7 Å². The van der Waals surface area contributed by atoms with E-state index in [1.54, 1.807) is 6.08 Å². The molecule has 1 rings (SSSR count). The number of amides is 1. The lowest BCUT2D eigenvalue weighted by molar-refractivity contribution is -0.199. The maximum Gasteiger partial charge on any atom is 0.393 e. The molecule has 1 unspecified atom stereocenters. The average Bonchev–Trinajstić information content (AvgIpc) is 2.60. The second-order valence-electron chi connectivity index (χ2n) is 8.27. The number of carbonyl (C=O) groups excluding carboxylic acids is 3. The van der Waals surface area contributed by atoms with Gasteiger partial charge in [0.1, 0.15) is 0 Å². The minimum absolute atomic E-state index is 0.300. The van der Waals surface area contributed by atoms with Crippen LogP contribution in [0.15, 0.2) is 23.8 Å². The number of carbonyl (C=O) groups is 3. The van der Waals surface area contributed by atoms with Gasteiger partial charge in [-0.3, -0.25) is 9.59 Å². The molecule has 0 bridgehead atoms. The van der Waals surface area contributed by atoms with E-state index in [0.717, 1.165) is 0 Å². The molecule has 0 aromatic carbocycles. The van der Waals surface area contributed by atoms with Gasteiger partial charge in [-0.15, -0.1) is 0 Å². The van der Waals surface area contributed by atoms with Crippen LogP contribution < -0.4 is 5.32 Å². The maximum atomic E-state index is 12.5. The number of ether oxygens (including phenoxy) is 2. The van der Waals surface area contributed by atoms with Crippen molar-refractivity contribution in [3.05, 3.63) is 23.8 Å². The molecule has 0 spiro atoms. The molecule has 0 saturated carbocycles. The predicted octanol–water partition coefficient (Wildman–Crippen LogP) is 4.25. The average molecular weight is 426 g/mol. The quantitative estimate of drug-likeness (QED) is 0.337. The Hall–Kier alpha value is -1.93. The Labute approximate surface area is 175 Å². The van der Waals surface area contributed by atoms with Crippen LogP contribution in [0.3, 0.4) is 0 Å². The lowest BCUT2D eigenvalue weighted by Crippen LogP contribution is -2.51. The molecule has 1 aliphatic carbocycles. The summed E-state index contributed by atoms with van der Waals surface area (Å²) in [5.74, 6) is -2.83. The third-order valence-corrected chi connectivity index (χ3v) is 11.4. The van der Waals surface area contributed by atoms with Crippen molar-refractivity contribution in [1.29, 1.82) is 0 Å². The van der Waals surface area contributed by atoms with E-state index in [0.29, 0.717) is 35.2 Å². The fourth-order valence-corrected chi connectivity index (χ4v) is 9.27. The van der Waals surface area contributed by atoms with Gasteiger partial charge >= 0.3 is 12.1 Å². The highest BCUT2D eigenvalue weighted by Gasteiger charge is 2.48. The van der Waals surface area contributed by atoms with Crippen molar-refractivity contribution in [3.8, 4) is 0 Å². The smallest absolute Gasteiger partial charge is 0.393 e. The SMILES string of the molecule is COC1(OC(C)=O)C=C(CCNC(=O)O[Si](C(C)C)(C(C)C)C(C)C)C=CC1=O. The van der Waals surface area contributed by atoms with Crippen molar-refractivity contribution in [3.63, 3.8) is 0 Å². The van der Waals surface area contributed by atoms with Crippen molar-refractivity contribution in [2.45, 2.75) is 77.3 Å². The number of ketones is 1. The lowest BCUT2D eigenvalue weighted by Gasteiger charge is -2.41. The maximum absolute atomic E-state index is 12.5. The number of hydrogen-bond donors (Lipinski definition) is 1. The zero-order valence-corrected chi connectivity index (χ0v) is 19.8. The third-order valence-electron chi connectivity index (χ3n) is 5.43. The topological polar surface area (TPSA) is 90.9 Å². The summed E-state index contributed by atoms with van der Waals surface area (Å²) in [6.45, 7) is 14.2. The van der Waals surface area contributed by atoms with Crippen LogP contribution in [0.5, 0.6) is 0 Å². The van der Waals surface area contributed by atoms with Gasteiger partial charge < -0.3 is 19.2 Å². The number of nitrogens with one attached hydrogen (secondary N) is 1. The first kappa shape index (κ1) is 25.1. The van der Waals surface area contributed by atoms with Crippen molar-refractivity contribution >= 4 is 26.2 Å². The van der Waals surface area contributed by atoms with E-state index in [9.17, 15) is 14.4 Å². The number of rotatable bonds is 9. The highest BCUT2D eigenvalue weighted by molar-refractivity contribution is 6.78. The highest BCUT2D eigenvalue weighted by atomic mass is 28.4. The first-order valence-electron chi connectivity index (χ1n) is 10.1. The zero-order chi connectivity index (χ0) is 22.4. The number of hydrogen-bond acceptors (Lipinski definition) is 6. The summed E-state index contributed by atoms with van der Waals surface area (Å²) in [6.07, 6.45) is 4.44. The van der Waals surface area contributed by atoms with Gasteiger partial charge in [0.05, 0.1) is 0 Å². The van der Waals surface area contributed by atoms with E-state index in [2.05, 4.69) is 46.9 Å². The Morgan fingerprint density at radius 2 is 1.62 bits per heavy atom. The molecule has 1 N–H and O–H groups in total. The lowest BCUT2D eigenvalue weighted by atomic mass is 9.98. The van der Waals surface area contributed by atoms with Crippen molar-refractivity contribution in [2.24, 2.45) is 0 Å². The van der Waals surface area contributed by atoms with Gasteiger partial charge in [-0.1, -0.05) is 47.6 Å². The van der Waals surface area contributed by atoms with Crippen LogP contribution in [-0.4, -0.2) is 45.6 Å². The molecule has 8 heteroatoms. The zero-order valence-electron chi connectivity index (χ0n) is 18.8. The molecule has 1 atom stereocenters. The normalized spacial score (nSPS) is 19.6. The predicted molar refractivity (Wildman–Crippen MR) is 114 cm³/mol. The van der Waals surface area contributed by atoms with Gasteiger partial charge in [0.25, 0.3) is 14.1 Å². The minimum Gasteiger partial charge on any atom is -0.503 e.